The highest BCUT2D eigenvalue weighted by Crippen LogP contribution is 2.16. The summed E-state index contributed by atoms with van der Waals surface area (Å²) < 4.78 is 7.45. The molecule has 1 aliphatic rings. The van der Waals surface area contributed by atoms with E-state index in [2.05, 4.69) is 4.98 Å². The van der Waals surface area contributed by atoms with Gasteiger partial charge in [0.25, 0.3) is 0 Å². The van der Waals surface area contributed by atoms with Crippen LogP contribution in [0, 0.1) is 0 Å². The number of ether oxygens (including phenoxy) is 1. The molecule has 0 unspecified atom stereocenters. The van der Waals surface area contributed by atoms with Gasteiger partial charge in [-0.2, -0.15) is 0 Å². The average Bonchev–Trinajstić information content (AvgIpc) is 3.06. The van der Waals surface area contributed by atoms with Crippen molar-refractivity contribution in [1.82, 2.24) is 14.3 Å². The minimum atomic E-state index is 0.0522. The number of thiazole rings is 1. The molecule has 1 aliphatic heterocycles. The van der Waals surface area contributed by atoms with Crippen LogP contribution in [0.25, 0.3) is 4.96 Å². The van der Waals surface area contributed by atoms with Gasteiger partial charge in [-0.05, 0) is 12.8 Å². The molecule has 2 aromatic heterocycles. The molecule has 0 aromatic carbocycles. The number of hydrogen-bond donors (Lipinski definition) is 1. The number of likely N-dealkylation sites (tertiary alicyclic amines) is 1. The lowest BCUT2D eigenvalue weighted by Gasteiger charge is -2.31. The van der Waals surface area contributed by atoms with Crippen molar-refractivity contribution in [2.45, 2.75) is 25.4 Å². The average molecular weight is 309 g/mol. The molecule has 2 aromatic rings. The second-order valence-electron chi connectivity index (χ2n) is 5.18. The van der Waals surface area contributed by atoms with Crippen molar-refractivity contribution in [3.05, 3.63) is 23.5 Å². The Labute approximate surface area is 127 Å². The van der Waals surface area contributed by atoms with Crippen molar-refractivity contribution in [1.29, 1.82) is 0 Å². The van der Waals surface area contributed by atoms with Gasteiger partial charge in [-0.15, -0.1) is 11.3 Å². The van der Waals surface area contributed by atoms with Gasteiger partial charge in [0.15, 0.2) is 4.96 Å². The Bertz CT molecular complexity index is 573. The largest absolute Gasteiger partial charge is 0.394 e. The van der Waals surface area contributed by atoms with Gasteiger partial charge in [-0.3, -0.25) is 9.20 Å². The zero-order valence-corrected chi connectivity index (χ0v) is 12.6. The second-order valence-corrected chi connectivity index (χ2v) is 6.05. The second kappa shape index (κ2) is 6.55. The van der Waals surface area contributed by atoms with Crippen LogP contribution in [-0.2, 0) is 16.0 Å². The zero-order chi connectivity index (χ0) is 14.7. The summed E-state index contributed by atoms with van der Waals surface area (Å²) >= 11 is 1.57. The van der Waals surface area contributed by atoms with Crippen LogP contribution in [0.4, 0.5) is 0 Å². The van der Waals surface area contributed by atoms with Crippen LogP contribution in [0.3, 0.4) is 0 Å². The number of aliphatic hydroxyl groups is 1. The molecule has 3 heterocycles. The standard InChI is InChI=1S/C14H19N3O3S/c18-6-7-20-12-1-3-16(4-2-12)13(19)9-11-10-17-5-8-21-14(17)15-11/h5,8,10,12,18H,1-4,6-7,9H2. The smallest absolute Gasteiger partial charge is 0.228 e. The van der Waals surface area contributed by atoms with E-state index in [0.29, 0.717) is 13.0 Å². The maximum absolute atomic E-state index is 12.3. The Morgan fingerprint density at radius 3 is 3.00 bits per heavy atom. The van der Waals surface area contributed by atoms with Gasteiger partial charge >= 0.3 is 0 Å². The van der Waals surface area contributed by atoms with Gasteiger partial charge in [-0.25, -0.2) is 4.98 Å². The lowest BCUT2D eigenvalue weighted by atomic mass is 10.1. The van der Waals surface area contributed by atoms with Gasteiger partial charge in [-0.1, -0.05) is 0 Å². The van der Waals surface area contributed by atoms with Gasteiger partial charge < -0.3 is 14.7 Å². The highest BCUT2D eigenvalue weighted by atomic mass is 32.1. The molecule has 6 nitrogen and oxygen atoms in total. The SMILES string of the molecule is O=C(Cc1cn2ccsc2n1)N1CCC(OCCO)CC1. The summed E-state index contributed by atoms with van der Waals surface area (Å²) in [4.78, 5) is 19.5. The minimum Gasteiger partial charge on any atom is -0.394 e. The first-order valence-corrected chi connectivity index (χ1v) is 8.05. The van der Waals surface area contributed by atoms with E-state index in [9.17, 15) is 4.79 Å². The lowest BCUT2D eigenvalue weighted by Crippen LogP contribution is -2.41. The molecular weight excluding hydrogens is 290 g/mol. The van der Waals surface area contributed by atoms with Crippen molar-refractivity contribution in [3.63, 3.8) is 0 Å². The van der Waals surface area contributed by atoms with Gasteiger partial charge in [0.05, 0.1) is 31.4 Å². The number of aliphatic hydroxyl groups excluding tert-OH is 1. The maximum Gasteiger partial charge on any atom is 0.228 e. The van der Waals surface area contributed by atoms with Crippen molar-refractivity contribution < 1.29 is 14.6 Å². The fourth-order valence-electron chi connectivity index (χ4n) is 2.62. The Balaban J connectivity index is 1.51. The number of piperidine rings is 1. The predicted molar refractivity (Wildman–Crippen MR) is 79.4 cm³/mol. The summed E-state index contributed by atoms with van der Waals surface area (Å²) in [6.07, 6.45) is 6.07. The summed E-state index contributed by atoms with van der Waals surface area (Å²) in [5.74, 6) is 0.126. The molecule has 0 aliphatic carbocycles. The minimum absolute atomic E-state index is 0.0522. The van der Waals surface area contributed by atoms with Gasteiger partial charge in [0.1, 0.15) is 0 Å². The van der Waals surface area contributed by atoms with Crippen LogP contribution < -0.4 is 0 Å². The molecule has 21 heavy (non-hydrogen) atoms. The molecule has 7 heteroatoms. The summed E-state index contributed by atoms with van der Waals surface area (Å²) in [5, 5.41) is 10.7. The summed E-state index contributed by atoms with van der Waals surface area (Å²) in [6, 6.07) is 0. The normalized spacial score (nSPS) is 16.7. The van der Waals surface area contributed by atoms with E-state index < -0.39 is 0 Å². The van der Waals surface area contributed by atoms with E-state index in [1.54, 1.807) is 11.3 Å². The van der Waals surface area contributed by atoms with Crippen LogP contribution in [0.15, 0.2) is 17.8 Å². The maximum atomic E-state index is 12.3. The van der Waals surface area contributed by atoms with Crippen molar-refractivity contribution in [3.8, 4) is 0 Å². The highest BCUT2D eigenvalue weighted by molar-refractivity contribution is 7.15. The van der Waals surface area contributed by atoms with E-state index in [-0.39, 0.29) is 18.6 Å². The third-order valence-corrected chi connectivity index (χ3v) is 4.49. The van der Waals surface area contributed by atoms with E-state index in [1.165, 1.54) is 0 Å². The lowest BCUT2D eigenvalue weighted by molar-refractivity contribution is -0.133. The summed E-state index contributed by atoms with van der Waals surface area (Å²) in [5.41, 5.74) is 0.825. The topological polar surface area (TPSA) is 67.1 Å². The molecular formula is C14H19N3O3S. The predicted octanol–water partition coefficient (Wildman–Crippen LogP) is 0.938. The molecule has 0 bridgehead atoms. The molecule has 1 N–H and O–H groups in total. The molecule has 3 rings (SSSR count). The molecule has 1 amide bonds. The fraction of sp³-hybridized carbons (Fsp3) is 0.571. The first kappa shape index (κ1) is 14.5. The van der Waals surface area contributed by atoms with Crippen LogP contribution in [-0.4, -0.2) is 57.7 Å². The molecule has 1 saturated heterocycles. The third kappa shape index (κ3) is 3.42. The number of rotatable bonds is 5. The van der Waals surface area contributed by atoms with E-state index in [4.69, 9.17) is 9.84 Å². The number of amides is 1. The molecule has 114 valence electrons. The van der Waals surface area contributed by atoms with Crippen molar-refractivity contribution in [2.75, 3.05) is 26.3 Å². The molecule has 0 spiro atoms. The molecule has 1 fully saturated rings. The van der Waals surface area contributed by atoms with Crippen LogP contribution in [0.1, 0.15) is 18.5 Å². The third-order valence-electron chi connectivity index (χ3n) is 3.72. The Morgan fingerprint density at radius 1 is 1.48 bits per heavy atom. The van der Waals surface area contributed by atoms with Crippen LogP contribution >= 0.6 is 11.3 Å². The number of nitrogens with zero attached hydrogens (tertiary/aromatic N) is 3. The fourth-order valence-corrected chi connectivity index (χ4v) is 3.34. The quantitative estimate of drug-likeness (QED) is 0.892. The number of hydrogen-bond acceptors (Lipinski definition) is 5. The number of carbonyl (C=O) groups is 1. The first-order chi connectivity index (χ1) is 10.3. The molecule has 0 radical (unpaired) electrons. The van der Waals surface area contributed by atoms with E-state index >= 15 is 0 Å². The zero-order valence-electron chi connectivity index (χ0n) is 11.8. The summed E-state index contributed by atoms with van der Waals surface area (Å²) in [7, 11) is 0. The summed E-state index contributed by atoms with van der Waals surface area (Å²) in [6.45, 7) is 1.87. The van der Waals surface area contributed by atoms with Crippen molar-refractivity contribution in [2.24, 2.45) is 0 Å². The number of fused-ring (bicyclic) bond motifs is 1. The Morgan fingerprint density at radius 2 is 2.29 bits per heavy atom. The first-order valence-electron chi connectivity index (χ1n) is 7.17. The number of imidazole rings is 1. The molecule has 0 atom stereocenters. The van der Waals surface area contributed by atoms with Gasteiger partial charge in [0.2, 0.25) is 5.91 Å². The number of aromatic nitrogens is 2. The van der Waals surface area contributed by atoms with Gasteiger partial charge in [0, 0.05) is 30.9 Å². The van der Waals surface area contributed by atoms with E-state index in [1.807, 2.05) is 27.1 Å². The Hall–Kier alpha value is -1.44. The highest BCUT2D eigenvalue weighted by Gasteiger charge is 2.23. The van der Waals surface area contributed by atoms with Crippen molar-refractivity contribution >= 4 is 22.2 Å². The number of carbonyl (C=O) groups excluding carboxylic acids is 1. The van der Waals surface area contributed by atoms with Crippen LogP contribution in [0.2, 0.25) is 0 Å². The Kier molecular flexibility index (Phi) is 4.52. The van der Waals surface area contributed by atoms with E-state index in [0.717, 1.165) is 36.6 Å². The van der Waals surface area contributed by atoms with Crippen LogP contribution in [0.5, 0.6) is 0 Å². The monoisotopic (exact) mass is 309 g/mol. The molecule has 0 saturated carbocycles.